The molecule has 88 valence electrons. The van der Waals surface area contributed by atoms with E-state index in [9.17, 15) is 4.79 Å². The van der Waals surface area contributed by atoms with Gasteiger partial charge in [0.05, 0.1) is 14.2 Å². The van der Waals surface area contributed by atoms with Crippen molar-refractivity contribution in [2.75, 3.05) is 14.2 Å². The van der Waals surface area contributed by atoms with Crippen LogP contribution in [0.3, 0.4) is 0 Å². The summed E-state index contributed by atoms with van der Waals surface area (Å²) >= 11 is 0. The zero-order chi connectivity index (χ0) is 11.8. The number of methoxy groups -OCH3 is 2. The fourth-order valence-electron chi connectivity index (χ4n) is 1.53. The molecule has 1 rings (SSSR count). The highest BCUT2D eigenvalue weighted by atomic mass is 16.5. The van der Waals surface area contributed by atoms with Crippen molar-refractivity contribution in [1.29, 1.82) is 0 Å². The minimum Gasteiger partial charge on any atom is -0.497 e. The molecule has 0 amide bonds. The molecule has 3 heteroatoms. The van der Waals surface area contributed by atoms with Crippen molar-refractivity contribution in [1.82, 2.24) is 0 Å². The third kappa shape index (κ3) is 4.34. The van der Waals surface area contributed by atoms with Crippen LogP contribution < -0.4 is 4.74 Å². The van der Waals surface area contributed by atoms with E-state index in [2.05, 4.69) is 10.8 Å². The van der Waals surface area contributed by atoms with Gasteiger partial charge in [0.25, 0.3) is 0 Å². The largest absolute Gasteiger partial charge is 0.497 e. The van der Waals surface area contributed by atoms with E-state index in [-0.39, 0.29) is 5.97 Å². The van der Waals surface area contributed by atoms with Gasteiger partial charge in [-0.2, -0.15) is 0 Å². The maximum absolute atomic E-state index is 10.9. The number of aryl methyl sites for hydroxylation is 1. The standard InChI is InChI=1S/C13H18O3/c1-15-12-8-5-7-11(10-12)6-3-4-9-13(14)16-2/h5,7-8,10H,3-4,6,9H2,1-2H3. The van der Waals surface area contributed by atoms with Crippen molar-refractivity contribution < 1.29 is 14.3 Å². The predicted octanol–water partition coefficient (Wildman–Crippen LogP) is 2.58. The van der Waals surface area contributed by atoms with Gasteiger partial charge in [0.2, 0.25) is 0 Å². The zero-order valence-corrected chi connectivity index (χ0v) is 9.86. The molecule has 0 spiro atoms. The molecule has 0 saturated carbocycles. The first-order valence-electron chi connectivity index (χ1n) is 5.46. The van der Waals surface area contributed by atoms with Gasteiger partial charge in [-0.25, -0.2) is 0 Å². The lowest BCUT2D eigenvalue weighted by Gasteiger charge is -2.04. The van der Waals surface area contributed by atoms with Crippen molar-refractivity contribution in [3.63, 3.8) is 0 Å². The fraction of sp³-hybridized carbons (Fsp3) is 0.462. The summed E-state index contributed by atoms with van der Waals surface area (Å²) in [5.41, 5.74) is 1.24. The molecule has 0 aliphatic rings. The highest BCUT2D eigenvalue weighted by Gasteiger charge is 2.00. The highest BCUT2D eigenvalue weighted by Crippen LogP contribution is 2.14. The summed E-state index contributed by atoms with van der Waals surface area (Å²) < 4.78 is 9.72. The van der Waals surface area contributed by atoms with Gasteiger partial charge in [-0.1, -0.05) is 12.1 Å². The zero-order valence-electron chi connectivity index (χ0n) is 9.86. The number of unbranched alkanes of at least 4 members (excludes halogenated alkanes) is 1. The lowest BCUT2D eigenvalue weighted by molar-refractivity contribution is -0.140. The average molecular weight is 222 g/mol. The van der Waals surface area contributed by atoms with Crippen LogP contribution in [0.1, 0.15) is 24.8 Å². The van der Waals surface area contributed by atoms with Gasteiger partial charge in [-0.15, -0.1) is 0 Å². The molecule has 0 fully saturated rings. The molecule has 0 heterocycles. The third-order valence-corrected chi connectivity index (χ3v) is 2.46. The van der Waals surface area contributed by atoms with Crippen LogP contribution >= 0.6 is 0 Å². The van der Waals surface area contributed by atoms with Gasteiger partial charge < -0.3 is 9.47 Å². The van der Waals surface area contributed by atoms with E-state index in [0.29, 0.717) is 6.42 Å². The van der Waals surface area contributed by atoms with Crippen molar-refractivity contribution >= 4 is 5.97 Å². The summed E-state index contributed by atoms with van der Waals surface area (Å²) in [7, 11) is 3.08. The Balaban J connectivity index is 2.28. The van der Waals surface area contributed by atoms with Gasteiger partial charge in [0.1, 0.15) is 5.75 Å². The van der Waals surface area contributed by atoms with Gasteiger partial charge in [0, 0.05) is 6.42 Å². The summed E-state index contributed by atoms with van der Waals surface area (Å²) in [6.45, 7) is 0. The van der Waals surface area contributed by atoms with Crippen molar-refractivity contribution in [2.45, 2.75) is 25.7 Å². The van der Waals surface area contributed by atoms with Gasteiger partial charge in [-0.3, -0.25) is 4.79 Å². The van der Waals surface area contributed by atoms with Crippen LogP contribution in [0.15, 0.2) is 24.3 Å². The number of carbonyl (C=O) groups excluding carboxylic acids is 1. The van der Waals surface area contributed by atoms with Crippen LogP contribution in [0, 0.1) is 0 Å². The molecule has 0 radical (unpaired) electrons. The topological polar surface area (TPSA) is 35.5 Å². The highest BCUT2D eigenvalue weighted by molar-refractivity contribution is 5.68. The van der Waals surface area contributed by atoms with Crippen molar-refractivity contribution in [3.8, 4) is 5.75 Å². The molecule has 0 N–H and O–H groups in total. The Morgan fingerprint density at radius 2 is 2.06 bits per heavy atom. The Morgan fingerprint density at radius 1 is 1.25 bits per heavy atom. The van der Waals surface area contributed by atoms with Gasteiger partial charge in [0.15, 0.2) is 0 Å². The van der Waals surface area contributed by atoms with E-state index in [1.165, 1.54) is 12.7 Å². The lowest BCUT2D eigenvalue weighted by Crippen LogP contribution is -1.99. The normalized spacial score (nSPS) is 9.88. The molecule has 0 aliphatic heterocycles. The van der Waals surface area contributed by atoms with E-state index in [0.717, 1.165) is 25.0 Å². The van der Waals surface area contributed by atoms with Crippen LogP contribution in [0.2, 0.25) is 0 Å². The quantitative estimate of drug-likeness (QED) is 0.548. The summed E-state index contributed by atoms with van der Waals surface area (Å²) in [6, 6.07) is 8.01. The minimum absolute atomic E-state index is 0.134. The maximum Gasteiger partial charge on any atom is 0.305 e. The fourth-order valence-corrected chi connectivity index (χ4v) is 1.53. The SMILES string of the molecule is COC(=O)CCCCc1cccc(OC)c1. The Labute approximate surface area is 96.4 Å². The van der Waals surface area contributed by atoms with Crippen molar-refractivity contribution in [2.24, 2.45) is 0 Å². The Morgan fingerprint density at radius 3 is 2.75 bits per heavy atom. The van der Waals surface area contributed by atoms with E-state index in [4.69, 9.17) is 4.74 Å². The Bertz CT molecular complexity index is 334. The molecule has 16 heavy (non-hydrogen) atoms. The maximum atomic E-state index is 10.9. The number of hydrogen-bond acceptors (Lipinski definition) is 3. The van der Waals surface area contributed by atoms with Crippen LogP contribution in [0.25, 0.3) is 0 Å². The number of rotatable bonds is 6. The van der Waals surface area contributed by atoms with Crippen LogP contribution in [-0.2, 0) is 16.0 Å². The molecule has 0 aliphatic carbocycles. The number of ether oxygens (including phenoxy) is 2. The van der Waals surface area contributed by atoms with E-state index in [1.807, 2.05) is 18.2 Å². The van der Waals surface area contributed by atoms with E-state index in [1.54, 1.807) is 7.11 Å². The second-order valence-corrected chi connectivity index (χ2v) is 3.63. The summed E-state index contributed by atoms with van der Waals surface area (Å²) in [4.78, 5) is 10.9. The molecular weight excluding hydrogens is 204 g/mol. The number of carbonyl (C=O) groups is 1. The van der Waals surface area contributed by atoms with E-state index >= 15 is 0 Å². The molecule has 0 saturated heterocycles. The molecule has 0 bridgehead atoms. The monoisotopic (exact) mass is 222 g/mol. The first-order chi connectivity index (χ1) is 7.76. The number of esters is 1. The Hall–Kier alpha value is -1.51. The van der Waals surface area contributed by atoms with Gasteiger partial charge >= 0.3 is 5.97 Å². The molecule has 1 aromatic carbocycles. The lowest BCUT2D eigenvalue weighted by atomic mass is 10.1. The second-order valence-electron chi connectivity index (χ2n) is 3.63. The number of hydrogen-bond donors (Lipinski definition) is 0. The molecule has 3 nitrogen and oxygen atoms in total. The summed E-state index contributed by atoms with van der Waals surface area (Å²) in [5.74, 6) is 0.746. The molecule has 0 aromatic heterocycles. The Kier molecular flexibility index (Phi) is 5.40. The van der Waals surface area contributed by atoms with Crippen LogP contribution in [0.5, 0.6) is 5.75 Å². The third-order valence-electron chi connectivity index (χ3n) is 2.46. The van der Waals surface area contributed by atoms with Crippen LogP contribution in [-0.4, -0.2) is 20.2 Å². The summed E-state index contributed by atoms with van der Waals surface area (Å²) in [5, 5.41) is 0. The molecule has 0 unspecified atom stereocenters. The summed E-state index contributed by atoms with van der Waals surface area (Å²) in [6.07, 6.45) is 3.32. The van der Waals surface area contributed by atoms with Crippen LogP contribution in [0.4, 0.5) is 0 Å². The van der Waals surface area contributed by atoms with Gasteiger partial charge in [-0.05, 0) is 37.0 Å². The molecule has 0 atom stereocenters. The number of benzene rings is 1. The predicted molar refractivity (Wildman–Crippen MR) is 62.6 cm³/mol. The smallest absolute Gasteiger partial charge is 0.305 e. The first kappa shape index (κ1) is 12.6. The average Bonchev–Trinajstić information content (AvgIpc) is 2.34. The first-order valence-corrected chi connectivity index (χ1v) is 5.46. The minimum atomic E-state index is -0.134. The molecular formula is C13H18O3. The van der Waals surface area contributed by atoms with Crippen molar-refractivity contribution in [3.05, 3.63) is 29.8 Å². The second kappa shape index (κ2) is 6.88. The van der Waals surface area contributed by atoms with E-state index < -0.39 is 0 Å². The molecule has 1 aromatic rings.